The summed E-state index contributed by atoms with van der Waals surface area (Å²) in [5.74, 6) is 0. The quantitative estimate of drug-likeness (QED) is 0.877. The average Bonchev–Trinajstić information content (AvgIpc) is 2.34. The Morgan fingerprint density at radius 2 is 1.90 bits per heavy atom. The summed E-state index contributed by atoms with van der Waals surface area (Å²) in [5, 5.41) is 9.49. The van der Waals surface area contributed by atoms with E-state index >= 15 is 0 Å². The minimum Gasteiger partial charge on any atom is -0.392 e. The molecule has 0 aromatic heterocycles. The van der Waals surface area contributed by atoms with Crippen LogP contribution in [0.4, 0.5) is 0 Å². The fourth-order valence-electron chi connectivity index (χ4n) is 1.78. The molecule has 2 N–H and O–H groups in total. The van der Waals surface area contributed by atoms with Crippen molar-refractivity contribution in [2.75, 3.05) is 6.54 Å². The van der Waals surface area contributed by atoms with E-state index in [1.54, 1.807) is 13.0 Å². The molecule has 0 fully saturated rings. The van der Waals surface area contributed by atoms with Crippen molar-refractivity contribution in [2.24, 2.45) is 0 Å². The number of hydrogen-bond acceptors (Lipinski definition) is 3. The third-order valence-corrected chi connectivity index (χ3v) is 4.89. The van der Waals surface area contributed by atoms with Crippen LogP contribution < -0.4 is 4.72 Å². The van der Waals surface area contributed by atoms with Gasteiger partial charge in [0.05, 0.1) is 11.0 Å². The van der Waals surface area contributed by atoms with Gasteiger partial charge in [-0.25, -0.2) is 13.1 Å². The van der Waals surface area contributed by atoms with Gasteiger partial charge in [-0.15, -0.1) is 0 Å². The van der Waals surface area contributed by atoms with E-state index in [9.17, 15) is 13.5 Å². The maximum atomic E-state index is 12.3. The number of sulfonamides is 1. The minimum absolute atomic E-state index is 0.0397. The molecule has 0 radical (unpaired) electrons. The highest BCUT2D eigenvalue weighted by atomic mass is 32.2. The first-order valence-electron chi connectivity index (χ1n) is 6.86. The Morgan fingerprint density at radius 3 is 2.40 bits per heavy atom. The van der Waals surface area contributed by atoms with Gasteiger partial charge in [0.2, 0.25) is 10.0 Å². The van der Waals surface area contributed by atoms with Gasteiger partial charge in [-0.1, -0.05) is 39.8 Å². The summed E-state index contributed by atoms with van der Waals surface area (Å²) >= 11 is 0. The van der Waals surface area contributed by atoms with Crippen molar-refractivity contribution in [2.45, 2.75) is 57.5 Å². The van der Waals surface area contributed by atoms with E-state index in [-0.39, 0.29) is 16.9 Å². The SMILES string of the molecule is CCC(O)CNS(=O)(=O)c1cc(C(C)(C)C)ccc1C. The lowest BCUT2D eigenvalue weighted by Gasteiger charge is -2.21. The van der Waals surface area contributed by atoms with E-state index < -0.39 is 16.1 Å². The standard InChI is InChI=1S/C15H25NO3S/c1-6-13(17)10-16-20(18,19)14-9-12(15(3,4)5)8-7-11(14)2/h7-9,13,16-17H,6,10H2,1-5H3. The second-order valence-electron chi connectivity index (χ2n) is 6.14. The van der Waals surface area contributed by atoms with Crippen molar-refractivity contribution in [1.29, 1.82) is 0 Å². The smallest absolute Gasteiger partial charge is 0.240 e. The van der Waals surface area contributed by atoms with Crippen molar-refractivity contribution < 1.29 is 13.5 Å². The first-order chi connectivity index (χ1) is 9.08. The number of nitrogens with one attached hydrogen (secondary N) is 1. The molecule has 1 aromatic rings. The number of hydrogen-bond donors (Lipinski definition) is 2. The van der Waals surface area contributed by atoms with E-state index in [2.05, 4.69) is 4.72 Å². The van der Waals surface area contributed by atoms with Crippen LogP contribution in [0.15, 0.2) is 23.1 Å². The van der Waals surface area contributed by atoms with Crippen molar-refractivity contribution in [3.8, 4) is 0 Å². The summed E-state index contributed by atoms with van der Waals surface area (Å²) in [4.78, 5) is 0.285. The molecule has 0 amide bonds. The molecule has 0 heterocycles. The van der Waals surface area contributed by atoms with Crippen LogP contribution in [-0.4, -0.2) is 26.2 Å². The molecule has 20 heavy (non-hydrogen) atoms. The lowest BCUT2D eigenvalue weighted by Crippen LogP contribution is -2.32. The van der Waals surface area contributed by atoms with Gasteiger partial charge in [0.1, 0.15) is 0 Å². The predicted molar refractivity (Wildman–Crippen MR) is 81.4 cm³/mol. The molecular formula is C15H25NO3S. The summed E-state index contributed by atoms with van der Waals surface area (Å²) in [6, 6.07) is 5.50. The number of benzene rings is 1. The Bertz CT molecular complexity index is 559. The lowest BCUT2D eigenvalue weighted by atomic mass is 9.87. The van der Waals surface area contributed by atoms with E-state index in [0.717, 1.165) is 5.56 Å². The van der Waals surface area contributed by atoms with Gasteiger partial charge in [-0.3, -0.25) is 0 Å². The summed E-state index contributed by atoms with van der Waals surface area (Å²) in [5.41, 5.74) is 1.57. The maximum absolute atomic E-state index is 12.3. The summed E-state index contributed by atoms with van der Waals surface area (Å²) in [6.07, 6.45) is -0.139. The van der Waals surface area contributed by atoms with Gasteiger partial charge in [-0.05, 0) is 36.0 Å². The molecule has 0 aliphatic rings. The first kappa shape index (κ1) is 17.1. The molecule has 0 bridgehead atoms. The highest BCUT2D eigenvalue weighted by Crippen LogP contribution is 2.26. The summed E-state index contributed by atoms with van der Waals surface area (Å²) in [7, 11) is -3.59. The molecule has 1 unspecified atom stereocenters. The van der Waals surface area contributed by atoms with Crippen LogP contribution >= 0.6 is 0 Å². The number of aryl methyl sites for hydroxylation is 1. The predicted octanol–water partition coefficient (Wildman–Crippen LogP) is 2.34. The molecule has 114 valence electrons. The molecule has 1 rings (SSSR count). The number of aliphatic hydroxyl groups excluding tert-OH is 1. The molecule has 0 saturated carbocycles. The summed E-state index contributed by atoms with van der Waals surface area (Å²) in [6.45, 7) is 9.76. The zero-order valence-electron chi connectivity index (χ0n) is 12.9. The number of aliphatic hydroxyl groups is 1. The molecule has 0 aliphatic heterocycles. The molecule has 1 atom stereocenters. The van der Waals surface area contributed by atoms with Gasteiger partial charge >= 0.3 is 0 Å². The van der Waals surface area contributed by atoms with Crippen molar-refractivity contribution in [3.63, 3.8) is 0 Å². The molecule has 0 spiro atoms. The van der Waals surface area contributed by atoms with Crippen LogP contribution in [0.25, 0.3) is 0 Å². The molecule has 0 aliphatic carbocycles. The lowest BCUT2D eigenvalue weighted by molar-refractivity contribution is 0.174. The van der Waals surface area contributed by atoms with Gasteiger partial charge < -0.3 is 5.11 Å². The average molecular weight is 299 g/mol. The topological polar surface area (TPSA) is 66.4 Å². The third-order valence-electron chi connectivity index (χ3n) is 3.32. The largest absolute Gasteiger partial charge is 0.392 e. The van der Waals surface area contributed by atoms with Crippen LogP contribution in [0.5, 0.6) is 0 Å². The monoisotopic (exact) mass is 299 g/mol. The van der Waals surface area contributed by atoms with Gasteiger partial charge in [0, 0.05) is 6.54 Å². The normalized spacial score (nSPS) is 14.3. The van der Waals surface area contributed by atoms with Crippen LogP contribution in [0.2, 0.25) is 0 Å². The number of rotatable bonds is 5. The van der Waals surface area contributed by atoms with E-state index in [4.69, 9.17) is 0 Å². The Balaban J connectivity index is 3.11. The van der Waals surface area contributed by atoms with Crippen LogP contribution in [0.3, 0.4) is 0 Å². The van der Waals surface area contributed by atoms with Gasteiger partial charge in [0.25, 0.3) is 0 Å². The van der Waals surface area contributed by atoms with Crippen LogP contribution in [0, 0.1) is 6.92 Å². The fraction of sp³-hybridized carbons (Fsp3) is 0.600. The Hall–Kier alpha value is -0.910. The van der Waals surface area contributed by atoms with Crippen molar-refractivity contribution in [1.82, 2.24) is 4.72 Å². The zero-order valence-corrected chi connectivity index (χ0v) is 13.7. The second kappa shape index (κ2) is 6.24. The van der Waals surface area contributed by atoms with Crippen molar-refractivity contribution >= 4 is 10.0 Å². The molecule has 1 aromatic carbocycles. The highest BCUT2D eigenvalue weighted by Gasteiger charge is 2.21. The third kappa shape index (κ3) is 4.30. The van der Waals surface area contributed by atoms with E-state index in [1.165, 1.54) is 0 Å². The molecular weight excluding hydrogens is 274 g/mol. The fourth-order valence-corrected chi connectivity index (χ4v) is 3.13. The van der Waals surface area contributed by atoms with Crippen LogP contribution in [0.1, 0.15) is 45.2 Å². The molecule has 0 saturated heterocycles. The molecule has 4 nitrogen and oxygen atoms in total. The Kier molecular flexibility index (Phi) is 5.35. The maximum Gasteiger partial charge on any atom is 0.240 e. The van der Waals surface area contributed by atoms with Gasteiger partial charge in [-0.2, -0.15) is 0 Å². The summed E-state index contributed by atoms with van der Waals surface area (Å²) < 4.78 is 27.1. The molecule has 5 heteroatoms. The second-order valence-corrected chi connectivity index (χ2v) is 7.88. The van der Waals surface area contributed by atoms with Crippen molar-refractivity contribution in [3.05, 3.63) is 29.3 Å². The Morgan fingerprint density at radius 1 is 1.30 bits per heavy atom. The minimum atomic E-state index is -3.59. The Labute approximate surface area is 122 Å². The first-order valence-corrected chi connectivity index (χ1v) is 8.35. The van der Waals surface area contributed by atoms with Gasteiger partial charge in [0.15, 0.2) is 0 Å². The highest BCUT2D eigenvalue weighted by molar-refractivity contribution is 7.89. The van der Waals surface area contributed by atoms with Crippen LogP contribution in [-0.2, 0) is 15.4 Å². The van der Waals surface area contributed by atoms with E-state index in [1.807, 2.05) is 39.8 Å². The zero-order chi connectivity index (χ0) is 15.6. The van der Waals surface area contributed by atoms with E-state index in [0.29, 0.717) is 12.0 Å².